The summed E-state index contributed by atoms with van der Waals surface area (Å²) in [4.78, 5) is 23.0. The molecule has 0 heterocycles. The van der Waals surface area contributed by atoms with Crippen LogP contribution in [0.5, 0.6) is 0 Å². The fraction of sp³-hybridized carbons (Fsp3) is 0.400. The molecule has 0 saturated heterocycles. The number of carbonyl (C=O) groups excluding carboxylic acids is 2. The predicted octanol–water partition coefficient (Wildman–Crippen LogP) is 3.16. The van der Waals surface area contributed by atoms with E-state index < -0.39 is 0 Å². The highest BCUT2D eigenvalue weighted by atomic mass is 16.1. The van der Waals surface area contributed by atoms with E-state index in [4.69, 9.17) is 5.26 Å². The second-order valence-corrected chi connectivity index (χ2v) is 4.50. The van der Waals surface area contributed by atoms with Gasteiger partial charge in [0, 0.05) is 17.7 Å². The van der Waals surface area contributed by atoms with Crippen molar-refractivity contribution < 1.29 is 9.59 Å². The molecule has 1 unspecified atom stereocenters. The van der Waals surface area contributed by atoms with Crippen LogP contribution >= 0.6 is 0 Å². The van der Waals surface area contributed by atoms with Gasteiger partial charge in [-0.15, -0.1) is 0 Å². The van der Waals surface area contributed by atoms with Crippen LogP contribution in [-0.4, -0.2) is 11.7 Å². The maximum atomic E-state index is 11.8. The smallest absolute Gasteiger partial charge is 0.225 e. The number of nitriles is 1. The number of amides is 1. The molecule has 1 aromatic rings. The predicted molar refractivity (Wildman–Crippen MR) is 73.7 cm³/mol. The zero-order valence-corrected chi connectivity index (χ0v) is 11.3. The molecular formula is C15H18N2O2. The highest BCUT2D eigenvalue weighted by molar-refractivity contribution is 5.97. The Hall–Kier alpha value is -2.15. The largest absolute Gasteiger partial charge is 0.326 e. The lowest BCUT2D eigenvalue weighted by atomic mass is 10.0. The molecule has 1 amide bonds. The Kier molecular flexibility index (Phi) is 5.74. The van der Waals surface area contributed by atoms with E-state index in [1.54, 1.807) is 24.3 Å². The Morgan fingerprint density at radius 1 is 1.42 bits per heavy atom. The Labute approximate surface area is 113 Å². The zero-order chi connectivity index (χ0) is 14.3. The molecule has 0 radical (unpaired) electrons. The van der Waals surface area contributed by atoms with Gasteiger partial charge in [0.2, 0.25) is 5.91 Å². The summed E-state index contributed by atoms with van der Waals surface area (Å²) < 4.78 is 0. The highest BCUT2D eigenvalue weighted by Gasteiger charge is 2.12. The number of nitrogens with zero attached hydrogens (tertiary/aromatic N) is 1. The second-order valence-electron chi connectivity index (χ2n) is 4.50. The van der Waals surface area contributed by atoms with Gasteiger partial charge < -0.3 is 5.32 Å². The average Bonchev–Trinajstić information content (AvgIpc) is 2.38. The Morgan fingerprint density at radius 3 is 2.74 bits per heavy atom. The normalized spacial score (nSPS) is 11.4. The van der Waals surface area contributed by atoms with Crippen molar-refractivity contribution in [3.8, 4) is 6.07 Å². The number of hydrogen-bond acceptors (Lipinski definition) is 3. The van der Waals surface area contributed by atoms with Gasteiger partial charge in [-0.3, -0.25) is 9.59 Å². The van der Waals surface area contributed by atoms with Gasteiger partial charge in [0.1, 0.15) is 0 Å². The summed E-state index contributed by atoms with van der Waals surface area (Å²) in [6.07, 6.45) is 1.79. The van der Waals surface area contributed by atoms with Crippen molar-refractivity contribution in [1.82, 2.24) is 0 Å². The molecule has 0 aliphatic rings. The fourth-order valence-corrected chi connectivity index (χ4v) is 1.81. The van der Waals surface area contributed by atoms with E-state index in [0.717, 1.165) is 12.8 Å². The van der Waals surface area contributed by atoms with Crippen molar-refractivity contribution in [3.05, 3.63) is 29.8 Å². The molecule has 4 nitrogen and oxygen atoms in total. The lowest BCUT2D eigenvalue weighted by Gasteiger charge is -2.09. The van der Waals surface area contributed by atoms with Crippen LogP contribution in [0.4, 0.5) is 5.69 Å². The van der Waals surface area contributed by atoms with Crippen LogP contribution < -0.4 is 5.32 Å². The van der Waals surface area contributed by atoms with E-state index in [2.05, 4.69) is 11.4 Å². The SMILES string of the molecule is CCCC(C#N)CC(=O)Nc1cccc(C(C)=O)c1. The van der Waals surface area contributed by atoms with Crippen molar-refractivity contribution >= 4 is 17.4 Å². The van der Waals surface area contributed by atoms with E-state index in [0.29, 0.717) is 11.3 Å². The summed E-state index contributed by atoms with van der Waals surface area (Å²) in [5.74, 6) is -0.487. The molecule has 0 bridgehead atoms. The summed E-state index contributed by atoms with van der Waals surface area (Å²) in [7, 11) is 0. The second kappa shape index (κ2) is 7.32. The number of hydrogen-bond donors (Lipinski definition) is 1. The van der Waals surface area contributed by atoms with Crippen LogP contribution in [0.1, 0.15) is 43.5 Å². The number of benzene rings is 1. The topological polar surface area (TPSA) is 70.0 Å². The first kappa shape index (κ1) is 14.9. The molecule has 1 rings (SSSR count). The van der Waals surface area contributed by atoms with Gasteiger partial charge >= 0.3 is 0 Å². The standard InChI is InChI=1S/C15H18N2O2/c1-3-5-12(10-16)8-15(19)17-14-7-4-6-13(9-14)11(2)18/h4,6-7,9,12H,3,5,8H2,1-2H3,(H,17,19). The summed E-state index contributed by atoms with van der Waals surface area (Å²) in [6.45, 7) is 3.46. The average molecular weight is 258 g/mol. The molecule has 0 saturated carbocycles. The molecule has 19 heavy (non-hydrogen) atoms. The van der Waals surface area contributed by atoms with Crippen molar-refractivity contribution in [2.24, 2.45) is 5.92 Å². The molecule has 0 aromatic heterocycles. The Balaban J connectivity index is 2.64. The van der Waals surface area contributed by atoms with Crippen LogP contribution in [0.25, 0.3) is 0 Å². The van der Waals surface area contributed by atoms with Gasteiger partial charge in [-0.1, -0.05) is 25.5 Å². The van der Waals surface area contributed by atoms with Crippen LogP contribution in [0.3, 0.4) is 0 Å². The van der Waals surface area contributed by atoms with E-state index in [9.17, 15) is 9.59 Å². The lowest BCUT2D eigenvalue weighted by molar-refractivity contribution is -0.116. The third-order valence-corrected chi connectivity index (χ3v) is 2.80. The Bertz CT molecular complexity index is 503. The number of Topliss-reactive ketones (excluding diaryl/α,β-unsaturated/α-hetero) is 1. The molecular weight excluding hydrogens is 240 g/mol. The summed E-state index contributed by atoms with van der Waals surface area (Å²) in [5, 5.41) is 11.6. The minimum Gasteiger partial charge on any atom is -0.326 e. The molecule has 1 atom stereocenters. The first-order valence-electron chi connectivity index (χ1n) is 6.37. The van der Waals surface area contributed by atoms with Gasteiger partial charge in [-0.25, -0.2) is 0 Å². The number of carbonyl (C=O) groups is 2. The quantitative estimate of drug-likeness (QED) is 0.797. The molecule has 100 valence electrons. The molecule has 1 aromatic carbocycles. The molecule has 0 fully saturated rings. The third kappa shape index (κ3) is 4.92. The van der Waals surface area contributed by atoms with Crippen LogP contribution in [-0.2, 0) is 4.79 Å². The summed E-state index contributed by atoms with van der Waals surface area (Å²) >= 11 is 0. The maximum Gasteiger partial charge on any atom is 0.225 e. The minimum absolute atomic E-state index is 0.0445. The van der Waals surface area contributed by atoms with Crippen LogP contribution in [0, 0.1) is 17.2 Å². The first-order valence-corrected chi connectivity index (χ1v) is 6.37. The van der Waals surface area contributed by atoms with Crippen molar-refractivity contribution in [2.45, 2.75) is 33.1 Å². The van der Waals surface area contributed by atoms with Gasteiger partial charge in [0.05, 0.1) is 12.0 Å². The molecule has 0 spiro atoms. The van der Waals surface area contributed by atoms with E-state index >= 15 is 0 Å². The van der Waals surface area contributed by atoms with E-state index in [1.165, 1.54) is 6.92 Å². The highest BCUT2D eigenvalue weighted by Crippen LogP contribution is 2.14. The fourth-order valence-electron chi connectivity index (χ4n) is 1.81. The molecule has 0 aliphatic carbocycles. The van der Waals surface area contributed by atoms with E-state index in [-0.39, 0.29) is 24.0 Å². The van der Waals surface area contributed by atoms with Crippen LogP contribution in [0.15, 0.2) is 24.3 Å². The number of nitrogens with one attached hydrogen (secondary N) is 1. The number of ketones is 1. The van der Waals surface area contributed by atoms with Gasteiger partial charge in [0.25, 0.3) is 0 Å². The zero-order valence-electron chi connectivity index (χ0n) is 11.3. The number of rotatable bonds is 6. The minimum atomic E-state index is -0.249. The molecule has 1 N–H and O–H groups in total. The van der Waals surface area contributed by atoms with E-state index in [1.807, 2.05) is 6.92 Å². The first-order chi connectivity index (χ1) is 9.06. The number of anilines is 1. The van der Waals surface area contributed by atoms with Crippen molar-refractivity contribution in [2.75, 3.05) is 5.32 Å². The molecule has 4 heteroatoms. The summed E-state index contributed by atoms with van der Waals surface area (Å²) in [6, 6.07) is 8.93. The summed E-state index contributed by atoms with van der Waals surface area (Å²) in [5.41, 5.74) is 1.15. The van der Waals surface area contributed by atoms with Crippen molar-refractivity contribution in [1.29, 1.82) is 5.26 Å². The van der Waals surface area contributed by atoms with Crippen LogP contribution in [0.2, 0.25) is 0 Å². The van der Waals surface area contributed by atoms with Gasteiger partial charge in [-0.05, 0) is 25.5 Å². The Morgan fingerprint density at radius 2 is 2.16 bits per heavy atom. The van der Waals surface area contributed by atoms with Crippen molar-refractivity contribution in [3.63, 3.8) is 0 Å². The lowest BCUT2D eigenvalue weighted by Crippen LogP contribution is -2.16. The van der Waals surface area contributed by atoms with Gasteiger partial charge in [-0.2, -0.15) is 5.26 Å². The molecule has 0 aliphatic heterocycles. The third-order valence-electron chi connectivity index (χ3n) is 2.80. The van der Waals surface area contributed by atoms with Gasteiger partial charge in [0.15, 0.2) is 5.78 Å². The maximum absolute atomic E-state index is 11.8. The monoisotopic (exact) mass is 258 g/mol.